The zero-order valence-electron chi connectivity index (χ0n) is 11.7. The maximum atomic E-state index is 2.34. The van der Waals surface area contributed by atoms with Gasteiger partial charge in [0.2, 0.25) is 0 Å². The molecule has 0 bridgehead atoms. The van der Waals surface area contributed by atoms with Crippen LogP contribution in [0.15, 0.2) is 12.1 Å². The molecular formula is C16H26. The van der Waals surface area contributed by atoms with Crippen molar-refractivity contribution >= 4 is 12.2 Å². The third-order valence-corrected chi connectivity index (χ3v) is 2.59. The van der Waals surface area contributed by atoms with Crippen LogP contribution in [-0.2, 0) is 0 Å². The fourth-order valence-electron chi connectivity index (χ4n) is 1.69. The molecule has 90 valence electrons. The molecule has 16 heavy (non-hydrogen) atoms. The van der Waals surface area contributed by atoms with Gasteiger partial charge >= 0.3 is 0 Å². The third-order valence-electron chi connectivity index (χ3n) is 2.59. The lowest BCUT2D eigenvalue weighted by Crippen LogP contribution is -2.27. The average Bonchev–Trinajstić information content (AvgIpc) is 2.36. The standard InChI is InChI=1S/C12H14.2C2H6/c1-9-7-11-5-3-4-6-12(11)8-10(9)2;2*1-2/h5-8H,3-4H2,1-2H3;2*1-2H3. The monoisotopic (exact) mass is 218 g/mol. The molecule has 0 aromatic heterocycles. The molecule has 0 heterocycles. The molecule has 0 heteroatoms. The summed E-state index contributed by atoms with van der Waals surface area (Å²) in [5.41, 5.74) is 2.81. The van der Waals surface area contributed by atoms with E-state index in [1.165, 1.54) is 34.4 Å². The van der Waals surface area contributed by atoms with Gasteiger partial charge in [-0.1, -0.05) is 52.0 Å². The van der Waals surface area contributed by atoms with Crippen LogP contribution >= 0.6 is 0 Å². The van der Waals surface area contributed by atoms with E-state index in [2.05, 4.69) is 38.1 Å². The number of rotatable bonds is 0. The predicted molar refractivity (Wildman–Crippen MR) is 76.0 cm³/mol. The van der Waals surface area contributed by atoms with Gasteiger partial charge in [-0.2, -0.15) is 0 Å². The van der Waals surface area contributed by atoms with Gasteiger partial charge in [-0.05, 0) is 48.3 Å². The van der Waals surface area contributed by atoms with Gasteiger partial charge in [0.1, 0.15) is 0 Å². The third kappa shape index (κ3) is 3.84. The van der Waals surface area contributed by atoms with Gasteiger partial charge in [-0.25, -0.2) is 0 Å². The molecule has 1 aliphatic carbocycles. The summed E-state index contributed by atoms with van der Waals surface area (Å²) in [6.07, 6.45) is 7.08. The summed E-state index contributed by atoms with van der Waals surface area (Å²) in [6, 6.07) is 4.58. The van der Waals surface area contributed by atoms with E-state index in [-0.39, 0.29) is 0 Å². The van der Waals surface area contributed by atoms with Crippen LogP contribution in [0, 0.1) is 13.8 Å². The lowest BCUT2D eigenvalue weighted by atomic mass is 10.0. The summed E-state index contributed by atoms with van der Waals surface area (Å²) in [5, 5.41) is 2.84. The summed E-state index contributed by atoms with van der Waals surface area (Å²) in [7, 11) is 0. The number of fused-ring (bicyclic) bond motifs is 1. The van der Waals surface area contributed by atoms with Gasteiger partial charge < -0.3 is 0 Å². The Morgan fingerprint density at radius 3 is 1.31 bits per heavy atom. The van der Waals surface area contributed by atoms with E-state index < -0.39 is 0 Å². The van der Waals surface area contributed by atoms with Crippen molar-refractivity contribution in [3.8, 4) is 0 Å². The zero-order valence-corrected chi connectivity index (χ0v) is 11.7. The van der Waals surface area contributed by atoms with Crippen LogP contribution in [0.1, 0.15) is 51.7 Å². The minimum absolute atomic E-state index is 1.20. The Labute approximate surface area is 101 Å². The van der Waals surface area contributed by atoms with Crippen molar-refractivity contribution in [2.24, 2.45) is 0 Å². The number of benzene rings is 1. The Bertz CT molecular complexity index is 369. The lowest BCUT2D eigenvalue weighted by Gasteiger charge is -2.03. The molecule has 1 aliphatic rings. The summed E-state index contributed by atoms with van der Waals surface area (Å²) >= 11 is 0. The normalized spacial score (nSPS) is 11.6. The van der Waals surface area contributed by atoms with Crippen LogP contribution in [0.3, 0.4) is 0 Å². The first kappa shape index (κ1) is 15.0. The van der Waals surface area contributed by atoms with Crippen LogP contribution in [0.4, 0.5) is 0 Å². The largest absolute Gasteiger partial charge is 0.0764 e. The fourth-order valence-corrected chi connectivity index (χ4v) is 1.69. The zero-order chi connectivity index (χ0) is 12.6. The van der Waals surface area contributed by atoms with Crippen LogP contribution in [-0.4, -0.2) is 0 Å². The van der Waals surface area contributed by atoms with Crippen molar-refractivity contribution < 1.29 is 0 Å². The van der Waals surface area contributed by atoms with Crippen molar-refractivity contribution in [2.75, 3.05) is 0 Å². The van der Waals surface area contributed by atoms with Crippen molar-refractivity contribution in [1.29, 1.82) is 0 Å². The van der Waals surface area contributed by atoms with Gasteiger partial charge in [0.05, 0.1) is 0 Å². The molecule has 1 aromatic rings. The van der Waals surface area contributed by atoms with Gasteiger partial charge in [0.15, 0.2) is 0 Å². The van der Waals surface area contributed by atoms with Crippen LogP contribution in [0.5, 0.6) is 0 Å². The first-order valence-electron chi connectivity index (χ1n) is 6.55. The van der Waals surface area contributed by atoms with Crippen LogP contribution < -0.4 is 10.4 Å². The molecule has 0 N–H and O–H groups in total. The van der Waals surface area contributed by atoms with Crippen molar-refractivity contribution in [1.82, 2.24) is 0 Å². The van der Waals surface area contributed by atoms with Crippen LogP contribution in [0.2, 0.25) is 0 Å². The van der Waals surface area contributed by atoms with E-state index in [1.807, 2.05) is 27.7 Å². The maximum absolute atomic E-state index is 2.34. The second kappa shape index (κ2) is 8.15. The van der Waals surface area contributed by atoms with E-state index >= 15 is 0 Å². The molecule has 0 spiro atoms. The molecule has 0 atom stereocenters. The van der Waals surface area contributed by atoms with Crippen molar-refractivity contribution in [3.05, 3.63) is 33.7 Å². The van der Waals surface area contributed by atoms with Gasteiger partial charge in [-0.3, -0.25) is 0 Å². The highest BCUT2D eigenvalue weighted by Gasteiger charge is 1.96. The number of aryl methyl sites for hydroxylation is 2. The molecule has 0 aliphatic heterocycles. The molecule has 0 unspecified atom stereocenters. The Morgan fingerprint density at radius 1 is 0.688 bits per heavy atom. The average molecular weight is 218 g/mol. The van der Waals surface area contributed by atoms with E-state index in [1.54, 1.807) is 0 Å². The van der Waals surface area contributed by atoms with Crippen molar-refractivity contribution in [2.45, 2.75) is 54.4 Å². The molecule has 0 radical (unpaired) electrons. The SMILES string of the molecule is CC.CC.Cc1cc2c(cc1C)=CCCC=2. The molecule has 0 nitrogen and oxygen atoms in total. The highest BCUT2D eigenvalue weighted by molar-refractivity contribution is 5.41. The van der Waals surface area contributed by atoms with E-state index in [0.717, 1.165) is 0 Å². The molecule has 0 amide bonds. The Balaban J connectivity index is 0.000000509. The first-order chi connectivity index (χ1) is 7.77. The predicted octanol–water partition coefficient (Wildman–Crippen LogP) is 3.71. The van der Waals surface area contributed by atoms with Gasteiger partial charge in [0, 0.05) is 0 Å². The smallest absolute Gasteiger partial charge is 0.0224 e. The molecule has 0 saturated carbocycles. The minimum Gasteiger partial charge on any atom is -0.0764 e. The van der Waals surface area contributed by atoms with E-state index in [0.29, 0.717) is 0 Å². The second-order valence-corrected chi connectivity index (χ2v) is 3.55. The highest BCUT2D eigenvalue weighted by atomic mass is 14.0. The van der Waals surface area contributed by atoms with E-state index in [4.69, 9.17) is 0 Å². The molecule has 0 saturated heterocycles. The quantitative estimate of drug-likeness (QED) is 0.623. The summed E-state index contributed by atoms with van der Waals surface area (Å²) in [4.78, 5) is 0. The molecule has 0 fully saturated rings. The fraction of sp³-hybridized carbons (Fsp3) is 0.500. The maximum Gasteiger partial charge on any atom is -0.0224 e. The Morgan fingerprint density at radius 2 is 1.00 bits per heavy atom. The van der Waals surface area contributed by atoms with Crippen molar-refractivity contribution in [3.63, 3.8) is 0 Å². The number of hydrogen-bond donors (Lipinski definition) is 0. The molecule has 1 aromatic carbocycles. The van der Waals surface area contributed by atoms with Gasteiger partial charge in [-0.15, -0.1) is 0 Å². The molecular weight excluding hydrogens is 192 g/mol. The molecule has 2 rings (SSSR count). The number of hydrogen-bond acceptors (Lipinski definition) is 0. The van der Waals surface area contributed by atoms with E-state index in [9.17, 15) is 0 Å². The second-order valence-electron chi connectivity index (χ2n) is 3.55. The Kier molecular flexibility index (Phi) is 7.62. The minimum atomic E-state index is 1.20. The van der Waals surface area contributed by atoms with Gasteiger partial charge in [0.25, 0.3) is 0 Å². The highest BCUT2D eigenvalue weighted by Crippen LogP contribution is 2.01. The summed E-state index contributed by atoms with van der Waals surface area (Å²) < 4.78 is 0. The summed E-state index contributed by atoms with van der Waals surface area (Å²) in [5.74, 6) is 0. The summed E-state index contributed by atoms with van der Waals surface area (Å²) in [6.45, 7) is 12.4. The lowest BCUT2D eigenvalue weighted by molar-refractivity contribution is 1.11. The Hall–Kier alpha value is -1.04. The topological polar surface area (TPSA) is 0 Å². The first-order valence-corrected chi connectivity index (χ1v) is 6.55. The van der Waals surface area contributed by atoms with Crippen LogP contribution in [0.25, 0.3) is 12.2 Å².